The zero-order valence-electron chi connectivity index (χ0n) is 12.7. The molecule has 1 saturated heterocycles. The number of ether oxygens (including phenoxy) is 3. The largest absolute Gasteiger partial charge is 0.493 e. The van der Waals surface area contributed by atoms with Crippen LogP contribution >= 0.6 is 0 Å². The minimum absolute atomic E-state index is 0.133. The molecular weight excluding hydrogens is 268 g/mol. The van der Waals surface area contributed by atoms with E-state index in [1.54, 1.807) is 7.11 Å². The lowest BCUT2D eigenvalue weighted by Crippen LogP contribution is -2.21. The monoisotopic (exact) mass is 290 g/mol. The van der Waals surface area contributed by atoms with Crippen LogP contribution in [0, 0.1) is 0 Å². The smallest absolute Gasteiger partial charge is 0.306 e. The predicted octanol–water partition coefficient (Wildman–Crippen LogP) is 3.57. The van der Waals surface area contributed by atoms with Crippen molar-refractivity contribution < 1.29 is 19.0 Å². The lowest BCUT2D eigenvalue weighted by molar-refractivity contribution is -0.147. The van der Waals surface area contributed by atoms with Crippen LogP contribution in [0.25, 0.3) is 0 Å². The molecule has 2 fully saturated rings. The molecule has 0 bridgehead atoms. The minimum Gasteiger partial charge on any atom is -0.493 e. The summed E-state index contributed by atoms with van der Waals surface area (Å²) in [7, 11) is 1.65. The number of carbonyl (C=O) groups excluding carboxylic acids is 1. The first-order valence-electron chi connectivity index (χ1n) is 7.68. The molecule has 3 rings (SSSR count). The maximum absolute atomic E-state index is 11.4. The first kappa shape index (κ1) is 14.2. The maximum atomic E-state index is 11.4. The predicted molar refractivity (Wildman–Crippen MR) is 78.6 cm³/mol. The van der Waals surface area contributed by atoms with Gasteiger partial charge in [0.15, 0.2) is 11.5 Å². The third-order valence-electron chi connectivity index (χ3n) is 4.52. The van der Waals surface area contributed by atoms with Gasteiger partial charge in [-0.15, -0.1) is 0 Å². The Labute approximate surface area is 125 Å². The van der Waals surface area contributed by atoms with Crippen LogP contribution < -0.4 is 9.47 Å². The first-order valence-corrected chi connectivity index (χ1v) is 7.68. The van der Waals surface area contributed by atoms with Crippen molar-refractivity contribution in [2.45, 2.75) is 57.2 Å². The molecule has 0 spiro atoms. The van der Waals surface area contributed by atoms with E-state index in [0.29, 0.717) is 12.8 Å². The summed E-state index contributed by atoms with van der Waals surface area (Å²) in [4.78, 5) is 11.4. The third kappa shape index (κ3) is 2.85. The highest BCUT2D eigenvalue weighted by Crippen LogP contribution is 2.41. The molecule has 0 aromatic heterocycles. The summed E-state index contributed by atoms with van der Waals surface area (Å²) >= 11 is 0. The van der Waals surface area contributed by atoms with E-state index in [9.17, 15) is 4.79 Å². The van der Waals surface area contributed by atoms with Crippen molar-refractivity contribution in [2.75, 3.05) is 7.11 Å². The zero-order chi connectivity index (χ0) is 14.9. The highest BCUT2D eigenvalue weighted by Gasteiger charge is 2.38. The highest BCUT2D eigenvalue weighted by molar-refractivity contribution is 5.72. The quantitative estimate of drug-likeness (QED) is 0.795. The minimum atomic E-state index is -0.545. The fourth-order valence-corrected chi connectivity index (χ4v) is 3.18. The summed E-state index contributed by atoms with van der Waals surface area (Å²) < 4.78 is 17.0. The summed E-state index contributed by atoms with van der Waals surface area (Å²) in [5.41, 5.74) is 0.430. The molecule has 1 aromatic carbocycles. The maximum Gasteiger partial charge on any atom is 0.306 e. The molecule has 4 heteroatoms. The molecule has 1 aliphatic heterocycles. The Morgan fingerprint density at radius 2 is 2.00 bits per heavy atom. The van der Waals surface area contributed by atoms with Gasteiger partial charge in [0.2, 0.25) is 0 Å². The van der Waals surface area contributed by atoms with Gasteiger partial charge < -0.3 is 14.2 Å². The number of carbonyl (C=O) groups is 1. The topological polar surface area (TPSA) is 44.8 Å². The van der Waals surface area contributed by atoms with E-state index in [0.717, 1.165) is 29.9 Å². The van der Waals surface area contributed by atoms with Crippen LogP contribution in [0.3, 0.4) is 0 Å². The third-order valence-corrected chi connectivity index (χ3v) is 4.52. The van der Waals surface area contributed by atoms with Crippen LogP contribution in [0.1, 0.15) is 51.0 Å². The van der Waals surface area contributed by atoms with Crippen molar-refractivity contribution in [1.82, 2.24) is 0 Å². The van der Waals surface area contributed by atoms with Gasteiger partial charge in [-0.3, -0.25) is 4.79 Å². The average Bonchev–Trinajstić information content (AvgIpc) is 3.09. The summed E-state index contributed by atoms with van der Waals surface area (Å²) in [6.07, 6.45) is 6.10. The number of benzene rings is 1. The van der Waals surface area contributed by atoms with Gasteiger partial charge in [0.1, 0.15) is 5.60 Å². The SMILES string of the molecule is COc1ccc(C2(C)CCC(=O)O2)cc1OC1CCCC1. The highest BCUT2D eigenvalue weighted by atomic mass is 16.6. The van der Waals surface area contributed by atoms with Gasteiger partial charge >= 0.3 is 5.97 Å². The van der Waals surface area contributed by atoms with E-state index in [-0.39, 0.29) is 12.1 Å². The van der Waals surface area contributed by atoms with E-state index in [1.165, 1.54) is 12.8 Å². The number of esters is 1. The number of hydrogen-bond acceptors (Lipinski definition) is 4. The molecular formula is C17H22O4. The summed E-state index contributed by atoms with van der Waals surface area (Å²) in [6.45, 7) is 1.96. The van der Waals surface area contributed by atoms with E-state index >= 15 is 0 Å². The molecule has 1 unspecified atom stereocenters. The molecule has 21 heavy (non-hydrogen) atoms. The Kier molecular flexibility index (Phi) is 3.79. The Hall–Kier alpha value is -1.71. The van der Waals surface area contributed by atoms with Crippen molar-refractivity contribution in [3.63, 3.8) is 0 Å². The normalized spacial score (nSPS) is 25.9. The summed E-state index contributed by atoms with van der Waals surface area (Å²) in [5, 5.41) is 0. The van der Waals surface area contributed by atoms with Gasteiger partial charge in [0, 0.05) is 12.8 Å². The van der Waals surface area contributed by atoms with Gasteiger partial charge in [0.05, 0.1) is 13.2 Å². The molecule has 1 saturated carbocycles. The molecule has 1 heterocycles. The first-order chi connectivity index (χ1) is 10.1. The number of cyclic esters (lactones) is 1. The molecule has 114 valence electrons. The molecule has 2 aliphatic rings. The van der Waals surface area contributed by atoms with Crippen LogP contribution in [0.2, 0.25) is 0 Å². The Balaban J connectivity index is 1.87. The lowest BCUT2D eigenvalue weighted by Gasteiger charge is -2.25. The number of rotatable bonds is 4. The summed E-state index contributed by atoms with van der Waals surface area (Å²) in [6, 6.07) is 5.83. The van der Waals surface area contributed by atoms with E-state index < -0.39 is 5.60 Å². The molecule has 0 N–H and O–H groups in total. The molecule has 1 aromatic rings. The second kappa shape index (κ2) is 5.58. The van der Waals surface area contributed by atoms with Crippen molar-refractivity contribution in [2.24, 2.45) is 0 Å². The second-order valence-electron chi connectivity index (χ2n) is 6.09. The molecule has 1 atom stereocenters. The van der Waals surface area contributed by atoms with E-state index in [1.807, 2.05) is 25.1 Å². The van der Waals surface area contributed by atoms with Gasteiger partial charge in [-0.25, -0.2) is 0 Å². The number of methoxy groups -OCH3 is 1. The van der Waals surface area contributed by atoms with Crippen molar-refractivity contribution >= 4 is 5.97 Å². The molecule has 0 amide bonds. The molecule has 1 aliphatic carbocycles. The number of hydrogen-bond donors (Lipinski definition) is 0. The summed E-state index contributed by atoms with van der Waals surface area (Å²) in [5.74, 6) is 1.36. The fourth-order valence-electron chi connectivity index (χ4n) is 3.18. The Morgan fingerprint density at radius 1 is 1.24 bits per heavy atom. The second-order valence-corrected chi connectivity index (χ2v) is 6.09. The van der Waals surface area contributed by atoms with Gasteiger partial charge in [-0.05, 0) is 50.3 Å². The van der Waals surface area contributed by atoms with Crippen molar-refractivity contribution in [1.29, 1.82) is 0 Å². The Morgan fingerprint density at radius 3 is 2.62 bits per heavy atom. The van der Waals surface area contributed by atoms with Crippen molar-refractivity contribution in [3.05, 3.63) is 23.8 Å². The molecule has 4 nitrogen and oxygen atoms in total. The van der Waals surface area contributed by atoms with Crippen LogP contribution in [0.4, 0.5) is 0 Å². The van der Waals surface area contributed by atoms with Crippen LogP contribution in [-0.2, 0) is 15.1 Å². The van der Waals surface area contributed by atoms with Crippen molar-refractivity contribution in [3.8, 4) is 11.5 Å². The molecule has 0 radical (unpaired) electrons. The lowest BCUT2D eigenvalue weighted by atomic mass is 9.92. The van der Waals surface area contributed by atoms with E-state index in [2.05, 4.69) is 0 Å². The van der Waals surface area contributed by atoms with Gasteiger partial charge in [-0.2, -0.15) is 0 Å². The van der Waals surface area contributed by atoms with E-state index in [4.69, 9.17) is 14.2 Å². The average molecular weight is 290 g/mol. The standard InChI is InChI=1S/C17H22O4/c1-17(10-9-16(18)21-17)12-7-8-14(19-2)15(11-12)20-13-5-3-4-6-13/h7-8,11,13H,3-6,9-10H2,1-2H3. The fraction of sp³-hybridized carbons (Fsp3) is 0.588. The van der Waals surface area contributed by atoms with Crippen LogP contribution in [-0.4, -0.2) is 19.2 Å². The van der Waals surface area contributed by atoms with Crippen LogP contribution in [0.5, 0.6) is 11.5 Å². The zero-order valence-corrected chi connectivity index (χ0v) is 12.7. The van der Waals surface area contributed by atoms with Crippen LogP contribution in [0.15, 0.2) is 18.2 Å². The Bertz CT molecular complexity index is 534. The van der Waals surface area contributed by atoms with Gasteiger partial charge in [0.25, 0.3) is 0 Å². The van der Waals surface area contributed by atoms with Gasteiger partial charge in [-0.1, -0.05) is 6.07 Å².